The minimum atomic E-state index is -1.67. The molecule has 5 rings (SSSR count). The van der Waals surface area contributed by atoms with Crippen LogP contribution in [0.3, 0.4) is 0 Å². The van der Waals surface area contributed by atoms with E-state index < -0.39 is 7.26 Å². The molecule has 0 unspecified atom stereocenters. The Morgan fingerprint density at radius 3 is 1.47 bits per heavy atom. The lowest BCUT2D eigenvalue weighted by Gasteiger charge is -2.26. The minimum Gasteiger partial charge on any atom is -1.00 e. The highest BCUT2D eigenvalue weighted by atomic mass is 79.9. The standard InChI is InChI=1S/C21H20P.C8H15NO2.C7H4O.2BrH/c1-2-18-22(19-12-6-3-7-13-19,20-14-8-4-9-15-20)21-16-10-5-11-17-21;1-7(2)8(10)11-6-5-9(3)4;8-7-5-1-2-6(7)4-3-5;;/h2-17H,1,18H2;1,5-6H2,2-4H3;1-4H;2*1H/q+1;;;;/p-1. The Morgan fingerprint density at radius 1 is 0.814 bits per heavy atom. The number of hydrogen-bond acceptors (Lipinski definition) is 4. The average molecular weight is 726 g/mol. The molecule has 0 fully saturated rings. The number of allylic oxidation sites excluding steroid dienone is 7. The largest absolute Gasteiger partial charge is 1.00 e. The van der Waals surface area contributed by atoms with Crippen LogP contribution in [0, 0.1) is 0 Å². The van der Waals surface area contributed by atoms with Gasteiger partial charge in [0.1, 0.15) is 29.8 Å². The van der Waals surface area contributed by atoms with Crippen LogP contribution in [0.2, 0.25) is 0 Å². The van der Waals surface area contributed by atoms with Crippen molar-refractivity contribution in [2.45, 2.75) is 6.92 Å². The minimum absolute atomic E-state index is 0. The molecular weight excluding hydrogens is 685 g/mol. The van der Waals surface area contributed by atoms with Crippen LogP contribution in [0.1, 0.15) is 6.92 Å². The van der Waals surface area contributed by atoms with Crippen molar-refractivity contribution in [1.29, 1.82) is 0 Å². The van der Waals surface area contributed by atoms with Crippen LogP contribution in [0.5, 0.6) is 0 Å². The molecule has 4 nitrogen and oxygen atoms in total. The number of rotatable bonds is 9. The number of hydrogen-bond donors (Lipinski definition) is 0. The van der Waals surface area contributed by atoms with Crippen molar-refractivity contribution in [1.82, 2.24) is 4.90 Å². The number of ether oxygens (including phenoxy) is 1. The smallest absolute Gasteiger partial charge is 0.333 e. The van der Waals surface area contributed by atoms with Gasteiger partial charge in [-0.15, -0.1) is 17.0 Å². The van der Waals surface area contributed by atoms with Gasteiger partial charge in [-0.2, -0.15) is 0 Å². The molecule has 7 heteroatoms. The zero-order valence-corrected chi connectivity index (χ0v) is 29.2. The summed E-state index contributed by atoms with van der Waals surface area (Å²) in [7, 11) is 2.18. The van der Waals surface area contributed by atoms with E-state index >= 15 is 0 Å². The molecule has 0 atom stereocenters. The molecule has 226 valence electrons. The maximum atomic E-state index is 10.8. The molecule has 3 aromatic carbocycles. The second-order valence-corrected chi connectivity index (χ2v) is 13.4. The van der Waals surface area contributed by atoms with Gasteiger partial charge in [0.15, 0.2) is 5.78 Å². The summed E-state index contributed by atoms with van der Waals surface area (Å²) >= 11 is 0. The monoisotopic (exact) mass is 723 g/mol. The van der Waals surface area contributed by atoms with Crippen LogP contribution in [0.4, 0.5) is 0 Å². The predicted molar refractivity (Wildman–Crippen MR) is 185 cm³/mol. The number of ketones is 1. The number of halogens is 2. The Bertz CT molecular complexity index is 1310. The second-order valence-electron chi connectivity index (χ2n) is 9.91. The first-order valence-corrected chi connectivity index (χ1v) is 15.5. The summed E-state index contributed by atoms with van der Waals surface area (Å²) in [5.41, 5.74) is 2.11. The lowest BCUT2D eigenvalue weighted by atomic mass is 10.2. The zero-order valence-electron chi connectivity index (χ0n) is 25.0. The Morgan fingerprint density at radius 2 is 1.21 bits per heavy atom. The van der Waals surface area contributed by atoms with E-state index in [0.29, 0.717) is 12.2 Å². The number of fused-ring (bicyclic) bond motifs is 2. The molecule has 0 aromatic heterocycles. The van der Waals surface area contributed by atoms with E-state index in [-0.39, 0.29) is 45.7 Å². The molecule has 0 spiro atoms. The molecule has 2 aliphatic carbocycles. The molecule has 0 amide bonds. The van der Waals surface area contributed by atoms with Gasteiger partial charge in [0.25, 0.3) is 0 Å². The SMILES string of the molecule is Br.C=C(C)C(=O)OCCN(C)C.C=CC[P+](c1ccccc1)(c1ccccc1)c1ccccc1.O=C1C2=CC=C1C=C2.[Br-]. The van der Waals surface area contributed by atoms with Gasteiger partial charge in [-0.1, -0.05) is 98.1 Å². The molecule has 3 aromatic rings. The van der Waals surface area contributed by atoms with E-state index in [1.54, 1.807) is 6.92 Å². The molecule has 0 saturated heterocycles. The Balaban J connectivity index is 0.000000368. The fourth-order valence-electron chi connectivity index (χ4n) is 4.39. The summed E-state index contributed by atoms with van der Waals surface area (Å²) in [6, 6.07) is 32.7. The van der Waals surface area contributed by atoms with E-state index in [9.17, 15) is 9.59 Å². The maximum Gasteiger partial charge on any atom is 0.333 e. The summed E-state index contributed by atoms with van der Waals surface area (Å²) in [5, 5.41) is 4.23. The highest BCUT2D eigenvalue weighted by Crippen LogP contribution is 2.55. The summed E-state index contributed by atoms with van der Waals surface area (Å²) < 4.78 is 4.83. The van der Waals surface area contributed by atoms with Crippen molar-refractivity contribution >= 4 is 51.9 Å². The maximum absolute atomic E-state index is 10.8. The third kappa shape index (κ3) is 10.5. The second kappa shape index (κ2) is 19.2. The van der Waals surface area contributed by atoms with E-state index in [1.165, 1.54) is 15.9 Å². The van der Waals surface area contributed by atoms with Gasteiger partial charge in [-0.25, -0.2) is 4.79 Å². The normalized spacial score (nSPS) is 12.2. The lowest BCUT2D eigenvalue weighted by Crippen LogP contribution is -3.00. The van der Waals surface area contributed by atoms with Crippen LogP contribution in [-0.4, -0.2) is 50.1 Å². The van der Waals surface area contributed by atoms with Crippen LogP contribution < -0.4 is 32.9 Å². The molecule has 43 heavy (non-hydrogen) atoms. The molecular formula is C36H40Br2NO3P. The molecule has 0 aliphatic heterocycles. The molecule has 0 heterocycles. The molecule has 0 N–H and O–H groups in total. The number of Topliss-reactive ketones (excluding diaryl/α,β-unsaturated/α-hetero) is 1. The first-order chi connectivity index (χ1) is 19.8. The van der Waals surface area contributed by atoms with Crippen LogP contribution in [0.25, 0.3) is 0 Å². The third-order valence-electron chi connectivity index (χ3n) is 6.52. The molecule has 2 aliphatic rings. The van der Waals surface area contributed by atoms with Gasteiger partial charge < -0.3 is 26.6 Å². The van der Waals surface area contributed by atoms with Crippen molar-refractivity contribution in [3.63, 3.8) is 0 Å². The van der Waals surface area contributed by atoms with Crippen LogP contribution in [0.15, 0.2) is 151 Å². The number of benzene rings is 3. The fourth-order valence-corrected chi connectivity index (χ4v) is 8.35. The number of likely N-dealkylation sites (N-methyl/N-ethyl adjacent to an activating group) is 1. The van der Waals surface area contributed by atoms with Gasteiger partial charge in [-0.05, 0) is 57.4 Å². The number of esters is 1. The van der Waals surface area contributed by atoms with Crippen molar-refractivity contribution in [2.75, 3.05) is 33.4 Å². The summed E-state index contributed by atoms with van der Waals surface area (Å²) in [4.78, 5) is 23.5. The van der Waals surface area contributed by atoms with E-state index in [2.05, 4.69) is 110 Å². The highest BCUT2D eigenvalue weighted by molar-refractivity contribution is 8.93. The molecule has 2 bridgehead atoms. The molecule has 0 radical (unpaired) electrons. The van der Waals surface area contributed by atoms with E-state index in [0.717, 1.165) is 23.9 Å². The van der Waals surface area contributed by atoms with Crippen molar-refractivity contribution in [2.24, 2.45) is 0 Å². The van der Waals surface area contributed by atoms with Gasteiger partial charge >= 0.3 is 5.97 Å². The summed E-state index contributed by atoms with van der Waals surface area (Å²) in [5.74, 6) is -0.128. The number of nitrogens with zero attached hydrogens (tertiary/aromatic N) is 1. The van der Waals surface area contributed by atoms with Crippen molar-refractivity contribution < 1.29 is 31.3 Å². The van der Waals surface area contributed by atoms with Crippen molar-refractivity contribution in [3.8, 4) is 0 Å². The third-order valence-corrected chi connectivity index (χ3v) is 10.9. The molecule has 0 saturated carbocycles. The first-order valence-electron chi connectivity index (χ1n) is 13.6. The first kappa shape index (κ1) is 37.9. The van der Waals surface area contributed by atoms with E-state index in [4.69, 9.17) is 4.74 Å². The van der Waals surface area contributed by atoms with Crippen LogP contribution >= 0.6 is 24.2 Å². The van der Waals surface area contributed by atoms with Gasteiger partial charge in [0.2, 0.25) is 0 Å². The van der Waals surface area contributed by atoms with Crippen LogP contribution in [-0.2, 0) is 14.3 Å². The van der Waals surface area contributed by atoms with Gasteiger partial charge in [-0.3, -0.25) is 4.79 Å². The Kier molecular flexibility index (Phi) is 16.9. The lowest BCUT2D eigenvalue weighted by molar-refractivity contribution is -0.139. The fraction of sp³-hybridized carbons (Fsp3) is 0.167. The number of carbonyl (C=O) groups is 2. The van der Waals surface area contributed by atoms with Gasteiger partial charge in [0, 0.05) is 23.3 Å². The van der Waals surface area contributed by atoms with Crippen molar-refractivity contribution in [3.05, 3.63) is 151 Å². The van der Waals surface area contributed by atoms with E-state index in [1.807, 2.05) is 43.3 Å². The zero-order chi connectivity index (χ0) is 29.7. The number of carbonyl (C=O) groups excluding carboxylic acids is 2. The van der Waals surface area contributed by atoms with Gasteiger partial charge in [0.05, 0.1) is 6.16 Å². The summed E-state index contributed by atoms with van der Waals surface area (Å²) in [6.45, 7) is 10.3. The predicted octanol–water partition coefficient (Wildman–Crippen LogP) is 3.41. The highest BCUT2D eigenvalue weighted by Gasteiger charge is 2.43. The average Bonchev–Trinajstić information content (AvgIpc) is 3.54. The Labute approximate surface area is 278 Å². The summed E-state index contributed by atoms with van der Waals surface area (Å²) in [6.07, 6.45) is 10.4. The quantitative estimate of drug-likeness (QED) is 0.147. The Hall–Kier alpha value is -3.15. The topological polar surface area (TPSA) is 46.6 Å².